The fourth-order valence-corrected chi connectivity index (χ4v) is 1.87. The van der Waals surface area contributed by atoms with Crippen LogP contribution < -0.4 is 17.1 Å². The van der Waals surface area contributed by atoms with Gasteiger partial charge in [-0.15, -0.1) is 0 Å². The highest BCUT2D eigenvalue weighted by Gasteiger charge is 2.25. The molecule has 0 saturated heterocycles. The van der Waals surface area contributed by atoms with E-state index in [1.54, 1.807) is 0 Å². The van der Waals surface area contributed by atoms with Crippen LogP contribution in [0, 0.1) is 0 Å². The zero-order chi connectivity index (χ0) is 15.8. The molecule has 1 rings (SSSR count). The van der Waals surface area contributed by atoms with E-state index in [-0.39, 0.29) is 6.42 Å². The molecule has 10 nitrogen and oxygen atoms in total. The van der Waals surface area contributed by atoms with Crippen molar-refractivity contribution >= 4 is 12.2 Å². The molecule has 0 amide bonds. The molecule has 21 heavy (non-hydrogen) atoms. The molecule has 0 aromatic carbocycles. The molecule has 1 unspecified atom stereocenters. The largest absolute Gasteiger partial charge is 0.334 e. The molecule has 0 saturated carbocycles. The van der Waals surface area contributed by atoms with E-state index in [4.69, 9.17) is 0 Å². The van der Waals surface area contributed by atoms with Crippen LogP contribution in [0.15, 0.2) is 24.4 Å². The molecule has 1 aromatic heterocycles. The van der Waals surface area contributed by atoms with E-state index in [0.717, 1.165) is 6.42 Å². The number of carbonyl (C=O) groups excluding carboxylic acids is 2. The molecule has 0 spiro atoms. The minimum absolute atomic E-state index is 0.243. The summed E-state index contributed by atoms with van der Waals surface area (Å²) in [5, 5.41) is 0. The number of aromatic nitrogens is 3. The van der Waals surface area contributed by atoms with Crippen LogP contribution in [0.3, 0.4) is 0 Å². The Balaban J connectivity index is 3.47. The minimum Gasteiger partial charge on any atom is -0.259 e. The van der Waals surface area contributed by atoms with Crippen LogP contribution in [0.1, 0.15) is 32.2 Å². The summed E-state index contributed by atoms with van der Waals surface area (Å²) in [4.78, 5) is 65.8. The monoisotopic (exact) mass is 295 g/mol. The molecule has 0 bridgehead atoms. The molecule has 2 N–H and O–H groups in total. The first-order chi connectivity index (χ1) is 10.0. The first-order valence-electron chi connectivity index (χ1n) is 6.14. The normalized spacial score (nSPS) is 12.8. The number of nitrogens with zero attached hydrogens (tertiary/aromatic N) is 3. The van der Waals surface area contributed by atoms with Crippen molar-refractivity contribution in [3.63, 3.8) is 0 Å². The second-order valence-corrected chi connectivity index (χ2v) is 4.12. The smallest absolute Gasteiger partial charge is 0.259 e. The minimum atomic E-state index is -1.31. The van der Waals surface area contributed by atoms with Gasteiger partial charge in [-0.05, 0) is 6.42 Å². The number of H-pyrrole nitrogens is 2. The molecule has 0 aliphatic heterocycles. The Morgan fingerprint density at radius 1 is 1.10 bits per heavy atom. The molecule has 0 aliphatic rings. The number of rotatable bonds is 7. The summed E-state index contributed by atoms with van der Waals surface area (Å²) in [5.74, 6) is 0. The highest BCUT2D eigenvalue weighted by molar-refractivity contribution is 5.37. The van der Waals surface area contributed by atoms with Gasteiger partial charge in [0.25, 0.3) is 0 Å². The lowest BCUT2D eigenvalue weighted by Gasteiger charge is -2.19. The Morgan fingerprint density at radius 2 is 1.62 bits per heavy atom. The van der Waals surface area contributed by atoms with Crippen molar-refractivity contribution in [1.82, 2.24) is 14.5 Å². The maximum absolute atomic E-state index is 11.8. The molecular weight excluding hydrogens is 282 g/mol. The topological polar surface area (TPSA) is 147 Å². The van der Waals surface area contributed by atoms with Gasteiger partial charge in [-0.25, -0.2) is 28.5 Å². The van der Waals surface area contributed by atoms with Crippen molar-refractivity contribution < 1.29 is 9.59 Å². The molecule has 0 fully saturated rings. The van der Waals surface area contributed by atoms with Gasteiger partial charge in [0.15, 0.2) is 6.17 Å². The third-order valence-electron chi connectivity index (χ3n) is 2.78. The summed E-state index contributed by atoms with van der Waals surface area (Å²) < 4.78 is 0.670. The maximum Gasteiger partial charge on any atom is 0.334 e. The van der Waals surface area contributed by atoms with E-state index < -0.39 is 29.3 Å². The van der Waals surface area contributed by atoms with Gasteiger partial charge in [0, 0.05) is 0 Å². The number of aromatic amines is 2. The van der Waals surface area contributed by atoms with Gasteiger partial charge >= 0.3 is 17.1 Å². The first kappa shape index (κ1) is 16.2. The summed E-state index contributed by atoms with van der Waals surface area (Å²) in [5.41, 5.74) is -2.90. The molecule has 112 valence electrons. The highest BCUT2D eigenvalue weighted by Crippen LogP contribution is 2.19. The second kappa shape index (κ2) is 7.68. The highest BCUT2D eigenvalue weighted by atomic mass is 16.2. The van der Waals surface area contributed by atoms with Gasteiger partial charge in [0.1, 0.15) is 0 Å². The van der Waals surface area contributed by atoms with Crippen molar-refractivity contribution in [3.05, 3.63) is 31.5 Å². The Hall–Kier alpha value is -2.83. The van der Waals surface area contributed by atoms with E-state index in [1.807, 2.05) is 16.9 Å². The van der Waals surface area contributed by atoms with Crippen LogP contribution in [0.2, 0.25) is 0 Å². The fraction of sp³-hybridized carbons (Fsp3) is 0.545. The van der Waals surface area contributed by atoms with Crippen LogP contribution in [0.4, 0.5) is 0 Å². The van der Waals surface area contributed by atoms with Gasteiger partial charge in [-0.1, -0.05) is 19.8 Å². The SMILES string of the molecule is CCCCC(C(N=C=O)N=C=O)n1c(=O)[nH]c(=O)[nH]c1=O. The van der Waals surface area contributed by atoms with Crippen LogP contribution >= 0.6 is 0 Å². The van der Waals surface area contributed by atoms with Crippen molar-refractivity contribution in [2.24, 2.45) is 9.98 Å². The van der Waals surface area contributed by atoms with E-state index >= 15 is 0 Å². The summed E-state index contributed by atoms with van der Waals surface area (Å²) in [6, 6.07) is -0.999. The zero-order valence-electron chi connectivity index (χ0n) is 11.2. The van der Waals surface area contributed by atoms with Crippen molar-refractivity contribution in [2.75, 3.05) is 0 Å². The van der Waals surface area contributed by atoms with Gasteiger partial charge in [-0.2, -0.15) is 9.98 Å². The number of hydrogen-bond acceptors (Lipinski definition) is 7. The molecule has 10 heteroatoms. The van der Waals surface area contributed by atoms with Crippen molar-refractivity contribution in [3.8, 4) is 0 Å². The Kier molecular flexibility index (Phi) is 5.94. The standard InChI is InChI=1S/C11H13N5O5/c1-2-3-4-7(8(12-5-17)13-6-18)16-10(20)14-9(19)15-11(16)21/h7-8H,2-4H2,1H3,(H2,14,15,19,20,21). The first-order valence-corrected chi connectivity index (χ1v) is 6.14. The van der Waals surface area contributed by atoms with E-state index in [2.05, 4.69) is 9.98 Å². The average Bonchev–Trinajstić information content (AvgIpc) is 2.41. The van der Waals surface area contributed by atoms with Crippen molar-refractivity contribution in [2.45, 2.75) is 38.4 Å². The summed E-state index contributed by atoms with van der Waals surface area (Å²) in [6.07, 6.45) is 2.71. The molecule has 1 atom stereocenters. The Labute approximate surface area is 117 Å². The Morgan fingerprint density at radius 3 is 2.05 bits per heavy atom. The number of hydrogen-bond donors (Lipinski definition) is 2. The lowest BCUT2D eigenvalue weighted by Crippen LogP contribution is -2.47. The molecule has 1 heterocycles. The molecule has 1 aromatic rings. The summed E-state index contributed by atoms with van der Waals surface area (Å²) >= 11 is 0. The zero-order valence-corrected chi connectivity index (χ0v) is 11.2. The molecule has 0 aliphatic carbocycles. The lowest BCUT2D eigenvalue weighted by molar-refractivity contribution is 0.352. The number of unbranched alkanes of at least 4 members (excludes halogenated alkanes) is 1. The van der Waals surface area contributed by atoms with Crippen LogP contribution in [-0.4, -0.2) is 32.9 Å². The predicted molar refractivity (Wildman–Crippen MR) is 70.5 cm³/mol. The summed E-state index contributed by atoms with van der Waals surface area (Å²) in [6.45, 7) is 1.87. The van der Waals surface area contributed by atoms with E-state index in [9.17, 15) is 24.0 Å². The fourth-order valence-electron chi connectivity index (χ4n) is 1.87. The van der Waals surface area contributed by atoms with Crippen LogP contribution in [-0.2, 0) is 9.59 Å². The average molecular weight is 295 g/mol. The van der Waals surface area contributed by atoms with Crippen LogP contribution in [0.25, 0.3) is 0 Å². The van der Waals surface area contributed by atoms with Gasteiger partial charge < -0.3 is 0 Å². The lowest BCUT2D eigenvalue weighted by atomic mass is 10.1. The summed E-state index contributed by atoms with van der Waals surface area (Å²) in [7, 11) is 0. The molecular formula is C11H13N5O5. The van der Waals surface area contributed by atoms with E-state index in [0.29, 0.717) is 11.0 Å². The quantitative estimate of drug-likeness (QED) is 0.487. The second-order valence-electron chi connectivity index (χ2n) is 4.12. The number of nitrogens with one attached hydrogen (secondary N) is 2. The maximum atomic E-state index is 11.8. The van der Waals surface area contributed by atoms with Gasteiger partial charge in [-0.3, -0.25) is 9.97 Å². The van der Waals surface area contributed by atoms with Crippen molar-refractivity contribution in [1.29, 1.82) is 0 Å². The van der Waals surface area contributed by atoms with Crippen LogP contribution in [0.5, 0.6) is 0 Å². The third kappa shape index (κ3) is 4.07. The van der Waals surface area contributed by atoms with E-state index in [1.165, 1.54) is 12.2 Å². The Bertz CT molecular complexity index is 695. The predicted octanol–water partition coefficient (Wildman–Crippen LogP) is -1.05. The third-order valence-corrected chi connectivity index (χ3v) is 2.78. The van der Waals surface area contributed by atoms with Gasteiger partial charge in [0.2, 0.25) is 12.2 Å². The van der Waals surface area contributed by atoms with Gasteiger partial charge in [0.05, 0.1) is 6.04 Å². The number of isocyanates is 2. The number of aliphatic imine (C=N–C) groups is 2. The molecule has 0 radical (unpaired) electrons.